The summed E-state index contributed by atoms with van der Waals surface area (Å²) in [6.45, 7) is 2.85. The third-order valence-corrected chi connectivity index (χ3v) is 3.90. The quantitative estimate of drug-likeness (QED) is 0.884. The van der Waals surface area contributed by atoms with E-state index < -0.39 is 0 Å². The van der Waals surface area contributed by atoms with E-state index in [0.29, 0.717) is 11.3 Å². The fourth-order valence-electron chi connectivity index (χ4n) is 2.08. The fourth-order valence-corrected chi connectivity index (χ4v) is 2.34. The van der Waals surface area contributed by atoms with Crippen molar-refractivity contribution in [1.82, 2.24) is 5.32 Å². The Morgan fingerprint density at radius 3 is 2.57 bits per heavy atom. The normalized spacial score (nSPS) is 11.7. The van der Waals surface area contributed by atoms with E-state index in [1.165, 1.54) is 5.56 Å². The first-order valence-corrected chi connectivity index (χ1v) is 7.49. The third-order valence-electron chi connectivity index (χ3n) is 3.37. The van der Waals surface area contributed by atoms with Crippen LogP contribution in [0.5, 0.6) is 5.75 Å². The van der Waals surface area contributed by atoms with Gasteiger partial charge in [0.1, 0.15) is 11.8 Å². The second-order valence-corrected chi connectivity index (χ2v) is 5.72. The van der Waals surface area contributed by atoms with Gasteiger partial charge in [-0.3, -0.25) is 0 Å². The smallest absolute Gasteiger partial charge is 0.136 e. The highest BCUT2D eigenvalue weighted by Gasteiger charge is 2.07. The molecule has 2 rings (SSSR count). The lowest BCUT2D eigenvalue weighted by molar-refractivity contribution is 0.412. The van der Waals surface area contributed by atoms with Crippen LogP contribution in [0.2, 0.25) is 0 Å². The van der Waals surface area contributed by atoms with Crippen LogP contribution < -0.4 is 10.1 Å². The molecule has 0 saturated heterocycles. The number of halogens is 1. The van der Waals surface area contributed by atoms with Crippen molar-refractivity contribution in [2.45, 2.75) is 19.5 Å². The molecule has 0 aromatic heterocycles. The van der Waals surface area contributed by atoms with Gasteiger partial charge in [0.05, 0.1) is 12.7 Å². The number of hydrogen-bond donors (Lipinski definition) is 1. The number of benzene rings is 2. The molecule has 0 bridgehead atoms. The number of nitrogens with one attached hydrogen (secondary N) is 1. The zero-order valence-corrected chi connectivity index (χ0v) is 13.6. The Morgan fingerprint density at radius 1 is 1.24 bits per heavy atom. The van der Waals surface area contributed by atoms with E-state index in [1.807, 2.05) is 24.3 Å². The molecule has 0 aliphatic rings. The molecule has 0 fully saturated rings. The highest BCUT2D eigenvalue weighted by atomic mass is 79.9. The maximum absolute atomic E-state index is 8.98. The summed E-state index contributed by atoms with van der Waals surface area (Å²) < 4.78 is 6.30. The van der Waals surface area contributed by atoms with Crippen molar-refractivity contribution in [3.05, 3.63) is 63.6 Å². The molecule has 0 unspecified atom stereocenters. The van der Waals surface area contributed by atoms with Gasteiger partial charge in [0.2, 0.25) is 0 Å². The minimum absolute atomic E-state index is 0.250. The first-order chi connectivity index (χ1) is 10.1. The highest BCUT2D eigenvalue weighted by molar-refractivity contribution is 9.10. The van der Waals surface area contributed by atoms with E-state index in [2.05, 4.69) is 46.4 Å². The molecule has 2 aromatic rings. The number of rotatable bonds is 5. The van der Waals surface area contributed by atoms with Crippen molar-refractivity contribution in [3.63, 3.8) is 0 Å². The number of hydrogen-bond acceptors (Lipinski definition) is 3. The minimum atomic E-state index is 0.250. The van der Waals surface area contributed by atoms with Gasteiger partial charge in [-0.1, -0.05) is 34.1 Å². The van der Waals surface area contributed by atoms with Crippen molar-refractivity contribution < 1.29 is 4.74 Å². The SMILES string of the molecule is COc1cc(CN[C@@H](C)c2ccc(Br)cc2)ccc1C#N. The first kappa shape index (κ1) is 15.6. The predicted octanol–water partition coefficient (Wildman–Crippen LogP) is 4.18. The average molecular weight is 345 g/mol. The summed E-state index contributed by atoms with van der Waals surface area (Å²) in [4.78, 5) is 0. The summed E-state index contributed by atoms with van der Waals surface area (Å²) in [5, 5.41) is 12.4. The van der Waals surface area contributed by atoms with Gasteiger partial charge in [-0.25, -0.2) is 0 Å². The van der Waals surface area contributed by atoms with Gasteiger partial charge in [0, 0.05) is 17.1 Å². The predicted molar refractivity (Wildman–Crippen MR) is 87.1 cm³/mol. The molecule has 0 heterocycles. The lowest BCUT2D eigenvalue weighted by Gasteiger charge is -2.15. The Morgan fingerprint density at radius 2 is 1.95 bits per heavy atom. The number of methoxy groups -OCH3 is 1. The van der Waals surface area contributed by atoms with Crippen LogP contribution in [0.1, 0.15) is 29.7 Å². The van der Waals surface area contributed by atoms with E-state index in [4.69, 9.17) is 10.00 Å². The van der Waals surface area contributed by atoms with Crippen molar-refractivity contribution in [2.24, 2.45) is 0 Å². The van der Waals surface area contributed by atoms with Gasteiger partial charge in [-0.15, -0.1) is 0 Å². The lowest BCUT2D eigenvalue weighted by Crippen LogP contribution is -2.18. The molecular weight excluding hydrogens is 328 g/mol. The van der Waals surface area contributed by atoms with Crippen LogP contribution in [0.25, 0.3) is 0 Å². The molecule has 0 aliphatic carbocycles. The Kier molecular flexibility index (Phi) is 5.38. The molecule has 1 atom stereocenters. The molecule has 0 saturated carbocycles. The van der Waals surface area contributed by atoms with Gasteiger partial charge in [0.25, 0.3) is 0 Å². The maximum atomic E-state index is 8.98. The van der Waals surface area contributed by atoms with Gasteiger partial charge in [-0.2, -0.15) is 5.26 Å². The van der Waals surface area contributed by atoms with Crippen LogP contribution in [-0.2, 0) is 6.54 Å². The number of ether oxygens (including phenoxy) is 1. The zero-order chi connectivity index (χ0) is 15.2. The summed E-state index contributed by atoms with van der Waals surface area (Å²) >= 11 is 3.44. The van der Waals surface area contributed by atoms with Gasteiger partial charge in [-0.05, 0) is 42.3 Å². The minimum Gasteiger partial charge on any atom is -0.495 e. The van der Waals surface area contributed by atoms with Gasteiger partial charge in [0.15, 0.2) is 0 Å². The summed E-state index contributed by atoms with van der Waals surface area (Å²) in [5.41, 5.74) is 2.89. The Balaban J connectivity index is 2.02. The first-order valence-electron chi connectivity index (χ1n) is 6.70. The molecule has 2 aromatic carbocycles. The van der Waals surface area contributed by atoms with Crippen molar-refractivity contribution in [3.8, 4) is 11.8 Å². The molecule has 108 valence electrons. The molecular formula is C17H17BrN2O. The van der Waals surface area contributed by atoms with Crippen LogP contribution in [0.4, 0.5) is 0 Å². The molecule has 1 N–H and O–H groups in total. The summed E-state index contributed by atoms with van der Waals surface area (Å²) in [7, 11) is 1.58. The summed E-state index contributed by atoms with van der Waals surface area (Å²) in [6, 6.07) is 16.3. The summed E-state index contributed by atoms with van der Waals surface area (Å²) in [6.07, 6.45) is 0. The van der Waals surface area contributed by atoms with Crippen molar-refractivity contribution in [2.75, 3.05) is 7.11 Å². The second kappa shape index (κ2) is 7.26. The van der Waals surface area contributed by atoms with Crippen LogP contribution >= 0.6 is 15.9 Å². The van der Waals surface area contributed by atoms with Crippen LogP contribution in [0.3, 0.4) is 0 Å². The highest BCUT2D eigenvalue weighted by Crippen LogP contribution is 2.21. The van der Waals surface area contributed by atoms with E-state index >= 15 is 0 Å². The number of nitriles is 1. The molecule has 0 amide bonds. The molecule has 0 spiro atoms. The zero-order valence-electron chi connectivity index (χ0n) is 12.1. The average Bonchev–Trinajstić information content (AvgIpc) is 2.52. The van der Waals surface area contributed by atoms with Crippen molar-refractivity contribution in [1.29, 1.82) is 5.26 Å². The third kappa shape index (κ3) is 4.07. The van der Waals surface area contributed by atoms with Crippen LogP contribution in [0.15, 0.2) is 46.9 Å². The Labute approximate surface area is 133 Å². The fraction of sp³-hybridized carbons (Fsp3) is 0.235. The van der Waals surface area contributed by atoms with E-state index in [0.717, 1.165) is 16.6 Å². The Hall–Kier alpha value is -1.83. The maximum Gasteiger partial charge on any atom is 0.136 e. The molecule has 3 nitrogen and oxygen atoms in total. The largest absolute Gasteiger partial charge is 0.495 e. The van der Waals surface area contributed by atoms with Crippen molar-refractivity contribution >= 4 is 15.9 Å². The van der Waals surface area contributed by atoms with Crippen LogP contribution in [-0.4, -0.2) is 7.11 Å². The lowest BCUT2D eigenvalue weighted by atomic mass is 10.1. The van der Waals surface area contributed by atoms with E-state index in [-0.39, 0.29) is 6.04 Å². The summed E-state index contributed by atoms with van der Waals surface area (Å²) in [5.74, 6) is 0.619. The van der Waals surface area contributed by atoms with Crippen LogP contribution in [0, 0.1) is 11.3 Å². The second-order valence-electron chi connectivity index (χ2n) is 4.80. The molecule has 4 heteroatoms. The number of nitrogens with zero attached hydrogens (tertiary/aromatic N) is 1. The Bertz CT molecular complexity index is 647. The van der Waals surface area contributed by atoms with Gasteiger partial charge >= 0.3 is 0 Å². The topological polar surface area (TPSA) is 45.0 Å². The molecule has 0 radical (unpaired) electrons. The van der Waals surface area contributed by atoms with E-state index in [9.17, 15) is 0 Å². The van der Waals surface area contributed by atoms with Gasteiger partial charge < -0.3 is 10.1 Å². The van der Waals surface area contributed by atoms with E-state index in [1.54, 1.807) is 13.2 Å². The monoisotopic (exact) mass is 344 g/mol. The standard InChI is InChI=1S/C17H17BrN2O/c1-12(14-5-7-16(18)8-6-14)20-11-13-3-4-15(10-19)17(9-13)21-2/h3-9,12,20H,11H2,1-2H3/t12-/m0/s1. The molecule has 0 aliphatic heterocycles. The molecule has 21 heavy (non-hydrogen) atoms.